The number of thiophene rings is 1. The lowest BCUT2D eigenvalue weighted by molar-refractivity contribution is 0.0968. The van der Waals surface area contributed by atoms with Crippen LogP contribution in [0.2, 0.25) is 0 Å². The molecule has 22 heavy (non-hydrogen) atoms. The Bertz CT molecular complexity index is 810. The van der Waals surface area contributed by atoms with Gasteiger partial charge in [0.05, 0.1) is 17.1 Å². The number of fused-ring (bicyclic) bond motifs is 1. The average Bonchev–Trinajstić information content (AvgIpc) is 3.24. The number of anilines is 1. The number of carbonyl (C=O) groups is 1. The van der Waals surface area contributed by atoms with Gasteiger partial charge in [0, 0.05) is 6.07 Å². The quantitative estimate of drug-likeness (QED) is 0.727. The number of carbonyl (C=O) groups excluding carboxylic acids is 1. The Morgan fingerprint density at radius 1 is 1.23 bits per heavy atom. The summed E-state index contributed by atoms with van der Waals surface area (Å²) in [4.78, 5) is 15.3. The summed E-state index contributed by atoms with van der Waals surface area (Å²) in [6.45, 7) is 0.968. The fourth-order valence-electron chi connectivity index (χ4n) is 2.43. The summed E-state index contributed by atoms with van der Waals surface area (Å²) in [6, 6.07) is 13.0. The van der Waals surface area contributed by atoms with Crippen LogP contribution >= 0.6 is 11.3 Å². The second kappa shape index (κ2) is 5.31. The standard InChI is InChI=1S/C16H12N2O3S/c19-16(11-10-14(21-17-11)15-6-3-9-22-15)18-7-8-20-13-5-2-1-4-12(13)18/h1-6,9-10H,7-8H2. The molecule has 1 aromatic carbocycles. The second-order valence-corrected chi connectivity index (χ2v) is 5.77. The molecule has 3 aromatic rings. The molecule has 0 unspecified atom stereocenters. The minimum atomic E-state index is -0.178. The average molecular weight is 312 g/mol. The highest BCUT2D eigenvalue weighted by Gasteiger charge is 2.26. The molecule has 0 bridgehead atoms. The summed E-state index contributed by atoms with van der Waals surface area (Å²) < 4.78 is 10.9. The largest absolute Gasteiger partial charge is 0.490 e. The Kier molecular flexibility index (Phi) is 3.16. The minimum absolute atomic E-state index is 0.178. The van der Waals surface area contributed by atoms with E-state index < -0.39 is 0 Å². The van der Waals surface area contributed by atoms with E-state index >= 15 is 0 Å². The van der Waals surface area contributed by atoms with Gasteiger partial charge in [-0.15, -0.1) is 11.3 Å². The van der Waals surface area contributed by atoms with Crippen LogP contribution in [0, 0.1) is 0 Å². The van der Waals surface area contributed by atoms with Crippen LogP contribution in [0.15, 0.2) is 52.4 Å². The van der Waals surface area contributed by atoms with Crippen LogP contribution < -0.4 is 9.64 Å². The molecule has 0 N–H and O–H groups in total. The van der Waals surface area contributed by atoms with Crippen molar-refractivity contribution >= 4 is 22.9 Å². The van der Waals surface area contributed by atoms with Crippen LogP contribution in [0.4, 0.5) is 5.69 Å². The predicted octanol–water partition coefficient (Wildman–Crippen LogP) is 3.44. The number of rotatable bonds is 2. The molecule has 0 radical (unpaired) electrons. The third-order valence-corrected chi connectivity index (χ3v) is 4.35. The fraction of sp³-hybridized carbons (Fsp3) is 0.125. The Morgan fingerprint density at radius 3 is 3.00 bits per heavy atom. The van der Waals surface area contributed by atoms with Gasteiger partial charge in [0.15, 0.2) is 11.5 Å². The molecule has 0 atom stereocenters. The van der Waals surface area contributed by atoms with Crippen LogP contribution in [-0.2, 0) is 0 Å². The molecule has 4 rings (SSSR count). The van der Waals surface area contributed by atoms with Gasteiger partial charge < -0.3 is 9.26 Å². The van der Waals surface area contributed by atoms with E-state index in [0.717, 1.165) is 10.6 Å². The molecule has 2 aromatic heterocycles. The number of para-hydroxylation sites is 2. The van der Waals surface area contributed by atoms with Crippen LogP contribution in [0.25, 0.3) is 10.6 Å². The van der Waals surface area contributed by atoms with Crippen molar-refractivity contribution in [3.63, 3.8) is 0 Å². The molecule has 6 heteroatoms. The van der Waals surface area contributed by atoms with Crippen LogP contribution in [0.5, 0.6) is 5.75 Å². The minimum Gasteiger partial charge on any atom is -0.490 e. The van der Waals surface area contributed by atoms with E-state index in [-0.39, 0.29) is 5.91 Å². The number of nitrogens with zero attached hydrogens (tertiary/aromatic N) is 2. The van der Waals surface area contributed by atoms with Gasteiger partial charge >= 0.3 is 0 Å². The van der Waals surface area contributed by atoms with Crippen molar-refractivity contribution in [2.45, 2.75) is 0 Å². The molecule has 0 spiro atoms. The van der Waals surface area contributed by atoms with Crippen molar-refractivity contribution in [2.75, 3.05) is 18.1 Å². The molecule has 0 saturated carbocycles. The molecule has 110 valence electrons. The molecule has 0 saturated heterocycles. The molecule has 1 amide bonds. The number of aromatic nitrogens is 1. The van der Waals surface area contributed by atoms with Gasteiger partial charge in [0.25, 0.3) is 5.91 Å². The SMILES string of the molecule is O=C(c1cc(-c2cccs2)on1)N1CCOc2ccccc21. The van der Waals surface area contributed by atoms with Gasteiger partial charge in [-0.05, 0) is 23.6 Å². The van der Waals surface area contributed by atoms with E-state index in [9.17, 15) is 4.79 Å². The van der Waals surface area contributed by atoms with Crippen molar-refractivity contribution < 1.29 is 14.1 Å². The molecule has 1 aliphatic rings. The number of ether oxygens (including phenoxy) is 1. The van der Waals surface area contributed by atoms with Gasteiger partial charge in [0.1, 0.15) is 12.4 Å². The highest BCUT2D eigenvalue weighted by Crippen LogP contribution is 2.32. The topological polar surface area (TPSA) is 55.6 Å². The van der Waals surface area contributed by atoms with Crippen molar-refractivity contribution in [1.29, 1.82) is 0 Å². The first-order valence-corrected chi connectivity index (χ1v) is 7.75. The fourth-order valence-corrected chi connectivity index (χ4v) is 3.10. The molecule has 0 fully saturated rings. The van der Waals surface area contributed by atoms with Crippen LogP contribution in [-0.4, -0.2) is 24.2 Å². The number of hydrogen-bond acceptors (Lipinski definition) is 5. The van der Waals surface area contributed by atoms with Crippen molar-refractivity contribution in [1.82, 2.24) is 5.16 Å². The Labute approximate surface area is 130 Å². The van der Waals surface area contributed by atoms with Crippen molar-refractivity contribution in [3.05, 3.63) is 53.5 Å². The third kappa shape index (κ3) is 2.17. The molecule has 0 aliphatic carbocycles. The normalized spacial score (nSPS) is 13.5. The molecular formula is C16H12N2O3S. The van der Waals surface area contributed by atoms with Gasteiger partial charge in [0.2, 0.25) is 0 Å². The summed E-state index contributed by atoms with van der Waals surface area (Å²) >= 11 is 1.55. The summed E-state index contributed by atoms with van der Waals surface area (Å²) in [7, 11) is 0. The maximum atomic E-state index is 12.7. The first-order chi connectivity index (χ1) is 10.8. The maximum absolute atomic E-state index is 12.7. The highest BCUT2D eigenvalue weighted by atomic mass is 32.1. The van der Waals surface area contributed by atoms with Gasteiger partial charge in [-0.1, -0.05) is 23.4 Å². The smallest absolute Gasteiger partial charge is 0.280 e. The molecule has 1 aliphatic heterocycles. The van der Waals surface area contributed by atoms with E-state index in [1.165, 1.54) is 0 Å². The maximum Gasteiger partial charge on any atom is 0.280 e. The van der Waals surface area contributed by atoms with Crippen molar-refractivity contribution in [2.24, 2.45) is 0 Å². The monoisotopic (exact) mass is 312 g/mol. The summed E-state index contributed by atoms with van der Waals surface area (Å²) in [5.74, 6) is 1.14. The number of hydrogen-bond donors (Lipinski definition) is 0. The second-order valence-electron chi connectivity index (χ2n) is 4.83. The predicted molar refractivity (Wildman–Crippen MR) is 83.4 cm³/mol. The zero-order valence-electron chi connectivity index (χ0n) is 11.6. The van der Waals surface area contributed by atoms with Gasteiger partial charge in [-0.2, -0.15) is 0 Å². The highest BCUT2D eigenvalue weighted by molar-refractivity contribution is 7.13. The van der Waals surface area contributed by atoms with Crippen LogP contribution in [0.1, 0.15) is 10.5 Å². The van der Waals surface area contributed by atoms with Gasteiger partial charge in [-0.3, -0.25) is 9.69 Å². The van der Waals surface area contributed by atoms with Crippen LogP contribution in [0.3, 0.4) is 0 Å². The van der Waals surface area contributed by atoms with E-state index in [1.54, 1.807) is 22.3 Å². The summed E-state index contributed by atoms with van der Waals surface area (Å²) in [5, 5.41) is 5.88. The lowest BCUT2D eigenvalue weighted by atomic mass is 10.2. The van der Waals surface area contributed by atoms with E-state index in [1.807, 2.05) is 41.8 Å². The Hall–Kier alpha value is -2.60. The first-order valence-electron chi connectivity index (χ1n) is 6.87. The zero-order valence-corrected chi connectivity index (χ0v) is 12.4. The van der Waals surface area contributed by atoms with E-state index in [0.29, 0.717) is 30.4 Å². The molecule has 5 nitrogen and oxygen atoms in total. The number of benzene rings is 1. The van der Waals surface area contributed by atoms with Crippen molar-refractivity contribution in [3.8, 4) is 16.4 Å². The lowest BCUT2D eigenvalue weighted by Crippen LogP contribution is -2.38. The van der Waals surface area contributed by atoms with E-state index in [4.69, 9.17) is 9.26 Å². The molecular weight excluding hydrogens is 300 g/mol. The summed E-state index contributed by atoms with van der Waals surface area (Å²) in [5.41, 5.74) is 1.07. The zero-order chi connectivity index (χ0) is 14.9. The van der Waals surface area contributed by atoms with E-state index in [2.05, 4.69) is 5.16 Å². The number of amides is 1. The third-order valence-electron chi connectivity index (χ3n) is 3.47. The van der Waals surface area contributed by atoms with Gasteiger partial charge in [-0.25, -0.2) is 0 Å². The first kappa shape index (κ1) is 13.1. The Balaban J connectivity index is 1.66. The summed E-state index contributed by atoms with van der Waals surface area (Å²) in [6.07, 6.45) is 0. The molecule has 3 heterocycles. The Morgan fingerprint density at radius 2 is 2.14 bits per heavy atom. The lowest BCUT2D eigenvalue weighted by Gasteiger charge is -2.28.